The molecule has 1 fully saturated rings. The van der Waals surface area contributed by atoms with Crippen molar-refractivity contribution in [2.75, 3.05) is 26.2 Å². The number of rotatable bonds is 3. The van der Waals surface area contributed by atoms with Gasteiger partial charge in [-0.15, -0.1) is 0 Å². The van der Waals surface area contributed by atoms with Crippen LogP contribution in [0.3, 0.4) is 0 Å². The lowest BCUT2D eigenvalue weighted by Gasteiger charge is -2.41. The molecule has 0 saturated carbocycles. The third kappa shape index (κ3) is 3.69. The molecule has 142 valence electrons. The monoisotopic (exact) mass is 365 g/mol. The molecule has 1 aromatic heterocycles. The van der Waals surface area contributed by atoms with Crippen LogP contribution in [0.5, 0.6) is 0 Å². The number of nitrogens with zero attached hydrogens (tertiary/aromatic N) is 3. The molecule has 5 nitrogen and oxygen atoms in total. The maximum atomic E-state index is 12.8. The number of fused-ring (bicyclic) bond motifs is 1. The van der Waals surface area contributed by atoms with Crippen molar-refractivity contribution >= 4 is 5.91 Å². The van der Waals surface area contributed by atoms with Gasteiger partial charge in [-0.05, 0) is 43.4 Å². The molecule has 0 bridgehead atoms. The Morgan fingerprint density at radius 3 is 2.52 bits per heavy atom. The Bertz CT molecular complexity index is 881. The van der Waals surface area contributed by atoms with E-state index in [1.54, 1.807) is 16.8 Å². The van der Waals surface area contributed by atoms with Crippen LogP contribution in [0.4, 0.5) is 0 Å². The van der Waals surface area contributed by atoms with Crippen molar-refractivity contribution in [1.29, 1.82) is 0 Å². The molecule has 0 unspecified atom stereocenters. The Morgan fingerprint density at radius 2 is 1.81 bits per heavy atom. The van der Waals surface area contributed by atoms with Gasteiger partial charge in [0.2, 0.25) is 0 Å². The summed E-state index contributed by atoms with van der Waals surface area (Å²) in [4.78, 5) is 29.2. The van der Waals surface area contributed by atoms with Crippen molar-refractivity contribution < 1.29 is 4.79 Å². The largest absolute Gasteiger partial charge is 0.336 e. The van der Waals surface area contributed by atoms with Crippen molar-refractivity contribution in [1.82, 2.24) is 14.4 Å². The summed E-state index contributed by atoms with van der Waals surface area (Å²) in [6.07, 6.45) is 5.17. The van der Waals surface area contributed by atoms with Crippen LogP contribution in [0.25, 0.3) is 0 Å². The second-order valence-corrected chi connectivity index (χ2v) is 7.53. The van der Waals surface area contributed by atoms with Crippen LogP contribution >= 0.6 is 0 Å². The zero-order chi connectivity index (χ0) is 18.8. The fourth-order valence-corrected chi connectivity index (χ4v) is 4.37. The van der Waals surface area contributed by atoms with Crippen LogP contribution in [-0.4, -0.2) is 52.5 Å². The number of amides is 1. The van der Waals surface area contributed by atoms with E-state index >= 15 is 0 Å². The standard InChI is InChI=1S/C22H27N3O2/c1-2-23-10-9-19(16-21(23)26)22(27)25-13-11-24(12-14-25)20-8-7-17-5-3-4-6-18(17)15-20/h3-6,9-10,16,20H,2,7-8,11-15H2,1H3/t20-/m0/s1. The van der Waals surface area contributed by atoms with Crippen LogP contribution in [0.15, 0.2) is 47.4 Å². The Labute approximate surface area is 160 Å². The van der Waals surface area contributed by atoms with Gasteiger partial charge in [-0.1, -0.05) is 24.3 Å². The van der Waals surface area contributed by atoms with E-state index in [0.717, 1.165) is 39.0 Å². The molecule has 0 N–H and O–H groups in total. The topological polar surface area (TPSA) is 45.6 Å². The number of carbonyl (C=O) groups is 1. The first-order valence-electron chi connectivity index (χ1n) is 9.96. The van der Waals surface area contributed by atoms with Crippen molar-refractivity contribution in [2.24, 2.45) is 0 Å². The van der Waals surface area contributed by atoms with Gasteiger partial charge in [-0.2, -0.15) is 0 Å². The molecule has 2 aromatic rings. The Morgan fingerprint density at radius 1 is 1.07 bits per heavy atom. The lowest BCUT2D eigenvalue weighted by atomic mass is 9.87. The SMILES string of the molecule is CCn1ccc(C(=O)N2CCN([C@H]3CCc4ccccc4C3)CC2)cc1=O. The van der Waals surface area contributed by atoms with Gasteiger partial charge in [0, 0.05) is 56.6 Å². The minimum Gasteiger partial charge on any atom is -0.336 e. The molecule has 27 heavy (non-hydrogen) atoms. The smallest absolute Gasteiger partial charge is 0.254 e. The maximum Gasteiger partial charge on any atom is 0.254 e. The minimum absolute atomic E-state index is 0.0241. The van der Waals surface area contributed by atoms with Crippen molar-refractivity contribution in [3.63, 3.8) is 0 Å². The highest BCUT2D eigenvalue weighted by atomic mass is 16.2. The number of aryl methyl sites for hydroxylation is 2. The van der Waals surface area contributed by atoms with Crippen molar-refractivity contribution in [2.45, 2.75) is 38.8 Å². The molecule has 1 amide bonds. The zero-order valence-electron chi connectivity index (χ0n) is 15.9. The number of aromatic nitrogens is 1. The number of pyridine rings is 1. The van der Waals surface area contributed by atoms with Crippen LogP contribution in [0.2, 0.25) is 0 Å². The second kappa shape index (κ2) is 7.69. The Hall–Kier alpha value is -2.40. The van der Waals surface area contributed by atoms with Gasteiger partial charge in [0.15, 0.2) is 0 Å². The minimum atomic E-state index is -0.108. The summed E-state index contributed by atoms with van der Waals surface area (Å²) in [5.74, 6) is -0.0241. The molecular weight excluding hydrogens is 338 g/mol. The first kappa shape index (κ1) is 18.0. The number of benzene rings is 1. The first-order chi connectivity index (χ1) is 13.2. The maximum absolute atomic E-state index is 12.8. The fourth-order valence-electron chi connectivity index (χ4n) is 4.37. The predicted molar refractivity (Wildman–Crippen MR) is 106 cm³/mol. The number of hydrogen-bond donors (Lipinski definition) is 0. The van der Waals surface area contributed by atoms with Crippen LogP contribution < -0.4 is 5.56 Å². The van der Waals surface area contributed by atoms with E-state index in [0.29, 0.717) is 18.2 Å². The van der Waals surface area contributed by atoms with E-state index in [1.165, 1.54) is 23.6 Å². The number of carbonyl (C=O) groups excluding carboxylic acids is 1. The van der Waals surface area contributed by atoms with E-state index < -0.39 is 0 Å². The molecule has 2 aliphatic rings. The molecular formula is C22H27N3O2. The highest BCUT2D eigenvalue weighted by molar-refractivity contribution is 5.94. The van der Waals surface area contributed by atoms with Gasteiger partial charge in [0.25, 0.3) is 11.5 Å². The van der Waals surface area contributed by atoms with Crippen LogP contribution in [-0.2, 0) is 19.4 Å². The van der Waals surface area contributed by atoms with Crippen LogP contribution in [0.1, 0.15) is 34.8 Å². The summed E-state index contributed by atoms with van der Waals surface area (Å²) in [5.41, 5.74) is 3.36. The van der Waals surface area contributed by atoms with Crippen LogP contribution in [0, 0.1) is 0 Å². The van der Waals surface area contributed by atoms with E-state index in [-0.39, 0.29) is 11.5 Å². The lowest BCUT2D eigenvalue weighted by molar-refractivity contribution is 0.0552. The van der Waals surface area contributed by atoms with E-state index in [9.17, 15) is 9.59 Å². The first-order valence-corrected chi connectivity index (χ1v) is 9.96. The highest BCUT2D eigenvalue weighted by Gasteiger charge is 2.29. The zero-order valence-corrected chi connectivity index (χ0v) is 15.9. The molecule has 4 rings (SSSR count). The summed E-state index contributed by atoms with van der Waals surface area (Å²) in [5, 5.41) is 0. The van der Waals surface area contributed by atoms with Gasteiger partial charge < -0.3 is 9.47 Å². The van der Waals surface area contributed by atoms with E-state index in [4.69, 9.17) is 0 Å². The summed E-state index contributed by atoms with van der Waals surface area (Å²) in [7, 11) is 0. The molecule has 0 spiro atoms. The molecule has 1 aliphatic heterocycles. The van der Waals surface area contributed by atoms with Gasteiger partial charge in [0.1, 0.15) is 0 Å². The van der Waals surface area contributed by atoms with Gasteiger partial charge >= 0.3 is 0 Å². The van der Waals surface area contributed by atoms with Crippen molar-refractivity contribution in [3.8, 4) is 0 Å². The predicted octanol–water partition coefficient (Wildman–Crippen LogP) is 2.18. The molecule has 1 aromatic carbocycles. The molecule has 1 atom stereocenters. The third-order valence-electron chi connectivity index (χ3n) is 6.02. The Balaban J connectivity index is 1.37. The van der Waals surface area contributed by atoms with Gasteiger partial charge in [0.05, 0.1) is 0 Å². The normalized spacial score (nSPS) is 20.3. The fraction of sp³-hybridized carbons (Fsp3) is 0.455. The van der Waals surface area contributed by atoms with E-state index in [2.05, 4.69) is 29.2 Å². The average Bonchev–Trinajstić information content (AvgIpc) is 2.73. The quantitative estimate of drug-likeness (QED) is 0.838. The summed E-state index contributed by atoms with van der Waals surface area (Å²) < 4.78 is 1.61. The molecule has 1 saturated heterocycles. The third-order valence-corrected chi connectivity index (χ3v) is 6.02. The molecule has 2 heterocycles. The lowest BCUT2D eigenvalue weighted by Crippen LogP contribution is -2.53. The summed E-state index contributed by atoms with van der Waals surface area (Å²) >= 11 is 0. The van der Waals surface area contributed by atoms with Crippen molar-refractivity contribution in [3.05, 3.63) is 69.6 Å². The second-order valence-electron chi connectivity index (χ2n) is 7.53. The average molecular weight is 365 g/mol. The van der Waals surface area contributed by atoms with Gasteiger partial charge in [-0.3, -0.25) is 14.5 Å². The number of hydrogen-bond acceptors (Lipinski definition) is 3. The Kier molecular flexibility index (Phi) is 5.12. The molecule has 1 aliphatic carbocycles. The van der Waals surface area contributed by atoms with E-state index in [1.807, 2.05) is 11.8 Å². The number of piperazine rings is 1. The summed E-state index contributed by atoms with van der Waals surface area (Å²) in [6, 6.07) is 12.6. The molecule has 5 heteroatoms. The van der Waals surface area contributed by atoms with Gasteiger partial charge in [-0.25, -0.2) is 0 Å². The summed E-state index contributed by atoms with van der Waals surface area (Å²) in [6.45, 7) is 5.82. The highest BCUT2D eigenvalue weighted by Crippen LogP contribution is 2.25. The molecule has 0 radical (unpaired) electrons.